The highest BCUT2D eigenvalue weighted by molar-refractivity contribution is 6.00. The highest BCUT2D eigenvalue weighted by atomic mass is 16.5. The van der Waals surface area contributed by atoms with Gasteiger partial charge in [0.2, 0.25) is 0 Å². The second-order valence-electron chi connectivity index (χ2n) is 6.90. The smallest absolute Gasteiger partial charge is 0.340 e. The highest BCUT2D eigenvalue weighted by Crippen LogP contribution is 2.21. The summed E-state index contributed by atoms with van der Waals surface area (Å²) in [5.74, 6) is 0.145. The summed E-state index contributed by atoms with van der Waals surface area (Å²) in [6.45, 7) is 9.58. The van der Waals surface area contributed by atoms with E-state index in [1.54, 1.807) is 34.8 Å². The van der Waals surface area contributed by atoms with Crippen molar-refractivity contribution in [3.05, 3.63) is 51.8 Å². The second-order valence-corrected chi connectivity index (χ2v) is 6.90. The summed E-state index contributed by atoms with van der Waals surface area (Å²) in [6, 6.07) is 5.97. The summed E-state index contributed by atoms with van der Waals surface area (Å²) in [7, 11) is 1.63. The van der Waals surface area contributed by atoms with E-state index in [4.69, 9.17) is 9.47 Å². The Kier molecular flexibility index (Phi) is 6.66. The maximum Gasteiger partial charge on any atom is 0.340 e. The molecule has 0 fully saturated rings. The molecular formula is C21H28N2O4. The Hall–Kier alpha value is -2.76. The van der Waals surface area contributed by atoms with Crippen LogP contribution in [0, 0.1) is 20.8 Å². The zero-order chi connectivity index (χ0) is 20.1. The molecule has 0 saturated carbocycles. The van der Waals surface area contributed by atoms with E-state index in [0.29, 0.717) is 35.5 Å². The third kappa shape index (κ3) is 4.90. The number of methoxy groups -OCH3 is 1. The van der Waals surface area contributed by atoms with Crippen LogP contribution < -0.4 is 10.1 Å². The van der Waals surface area contributed by atoms with Crippen LogP contribution in [0.15, 0.2) is 18.2 Å². The zero-order valence-electron chi connectivity index (χ0n) is 16.9. The monoisotopic (exact) mass is 372 g/mol. The molecule has 6 heteroatoms. The maximum atomic E-state index is 12.6. The van der Waals surface area contributed by atoms with Crippen LogP contribution in [0.25, 0.3) is 0 Å². The highest BCUT2D eigenvalue weighted by Gasteiger charge is 2.23. The van der Waals surface area contributed by atoms with Gasteiger partial charge in [-0.1, -0.05) is 17.7 Å². The van der Waals surface area contributed by atoms with Gasteiger partial charge in [0.1, 0.15) is 11.4 Å². The molecule has 0 radical (unpaired) electrons. The number of ether oxygens (including phenoxy) is 2. The van der Waals surface area contributed by atoms with Gasteiger partial charge in [-0.2, -0.15) is 0 Å². The van der Waals surface area contributed by atoms with Gasteiger partial charge in [-0.15, -0.1) is 0 Å². The van der Waals surface area contributed by atoms with Crippen molar-refractivity contribution < 1.29 is 19.1 Å². The maximum absolute atomic E-state index is 12.6. The van der Waals surface area contributed by atoms with E-state index in [1.165, 1.54) is 0 Å². The van der Waals surface area contributed by atoms with Gasteiger partial charge in [0, 0.05) is 12.2 Å². The predicted molar refractivity (Wildman–Crippen MR) is 105 cm³/mol. The van der Waals surface area contributed by atoms with Gasteiger partial charge in [-0.25, -0.2) is 4.79 Å². The van der Waals surface area contributed by atoms with E-state index >= 15 is 0 Å². The number of amides is 1. The van der Waals surface area contributed by atoms with Crippen molar-refractivity contribution in [2.24, 2.45) is 0 Å². The average molecular weight is 372 g/mol. The minimum Gasteiger partial charge on any atom is -0.496 e. The van der Waals surface area contributed by atoms with Crippen molar-refractivity contribution in [1.29, 1.82) is 0 Å². The molecule has 2 rings (SSSR count). The lowest BCUT2D eigenvalue weighted by Crippen LogP contribution is -2.27. The first-order chi connectivity index (χ1) is 12.7. The first-order valence-electron chi connectivity index (χ1n) is 9.06. The summed E-state index contributed by atoms with van der Waals surface area (Å²) >= 11 is 0. The molecule has 2 N–H and O–H groups in total. The third-order valence-corrected chi connectivity index (χ3v) is 4.33. The zero-order valence-corrected chi connectivity index (χ0v) is 16.9. The quantitative estimate of drug-likeness (QED) is 0.729. The molecule has 146 valence electrons. The van der Waals surface area contributed by atoms with Gasteiger partial charge in [-0.05, 0) is 58.2 Å². The number of carbonyl (C=O) groups excluding carboxylic acids is 2. The largest absolute Gasteiger partial charge is 0.496 e. The van der Waals surface area contributed by atoms with Gasteiger partial charge in [0.05, 0.1) is 18.8 Å². The number of nitrogens with one attached hydrogen (secondary N) is 2. The normalized spacial score (nSPS) is 10.8. The number of aryl methyl sites for hydroxylation is 2. The number of carbonyl (C=O) groups is 2. The molecule has 6 nitrogen and oxygen atoms in total. The summed E-state index contributed by atoms with van der Waals surface area (Å²) in [6.07, 6.45) is 0.435. The average Bonchev–Trinajstić information content (AvgIpc) is 2.89. The lowest BCUT2D eigenvalue weighted by molar-refractivity contribution is 0.0376. The van der Waals surface area contributed by atoms with E-state index in [0.717, 1.165) is 16.9 Å². The van der Waals surface area contributed by atoms with E-state index in [2.05, 4.69) is 16.4 Å². The van der Waals surface area contributed by atoms with E-state index in [-0.39, 0.29) is 12.0 Å². The molecule has 0 saturated heterocycles. The number of esters is 1. The number of benzene rings is 1. The lowest BCUT2D eigenvalue weighted by Gasteiger charge is -2.10. The standard InChI is InChI=1S/C21H28N2O4/c1-12(2)27-21(25)18-14(4)19(23-15(18)5)20(24)22-10-9-16-11-13(3)7-8-17(16)26-6/h7-8,11-12,23H,9-10H2,1-6H3,(H,22,24). The molecule has 0 unspecified atom stereocenters. The van der Waals surface area contributed by atoms with E-state index < -0.39 is 5.97 Å². The SMILES string of the molecule is COc1ccc(C)cc1CCNC(=O)c1[nH]c(C)c(C(=O)OC(C)C)c1C. The Morgan fingerprint density at radius 3 is 2.52 bits per heavy atom. The third-order valence-electron chi connectivity index (χ3n) is 4.33. The fraction of sp³-hybridized carbons (Fsp3) is 0.429. The molecule has 0 aliphatic heterocycles. The van der Waals surface area contributed by atoms with Crippen LogP contribution in [0.3, 0.4) is 0 Å². The first-order valence-corrected chi connectivity index (χ1v) is 9.06. The number of rotatable bonds is 7. The molecule has 1 amide bonds. The van der Waals surface area contributed by atoms with Crippen molar-refractivity contribution in [3.63, 3.8) is 0 Å². The molecule has 0 atom stereocenters. The minimum atomic E-state index is -0.417. The van der Waals surface area contributed by atoms with Crippen LogP contribution >= 0.6 is 0 Å². The van der Waals surface area contributed by atoms with Crippen molar-refractivity contribution in [3.8, 4) is 5.75 Å². The van der Waals surface area contributed by atoms with Gasteiger partial charge in [-0.3, -0.25) is 4.79 Å². The number of aromatic amines is 1. The summed E-state index contributed by atoms with van der Waals surface area (Å²) in [5, 5.41) is 2.90. The Labute approximate surface area is 160 Å². The Morgan fingerprint density at radius 2 is 1.89 bits per heavy atom. The van der Waals surface area contributed by atoms with Crippen LogP contribution in [-0.2, 0) is 11.2 Å². The van der Waals surface area contributed by atoms with Crippen molar-refractivity contribution in [2.75, 3.05) is 13.7 Å². The van der Waals surface area contributed by atoms with Crippen LogP contribution in [-0.4, -0.2) is 36.6 Å². The molecular weight excluding hydrogens is 344 g/mol. The van der Waals surface area contributed by atoms with Crippen LogP contribution in [0.4, 0.5) is 0 Å². The van der Waals surface area contributed by atoms with E-state index in [9.17, 15) is 9.59 Å². The molecule has 2 aromatic rings. The van der Waals surface area contributed by atoms with Gasteiger partial charge in [0.15, 0.2) is 0 Å². The fourth-order valence-corrected chi connectivity index (χ4v) is 3.06. The Balaban J connectivity index is 2.07. The van der Waals surface area contributed by atoms with Crippen LogP contribution in [0.5, 0.6) is 5.75 Å². The topological polar surface area (TPSA) is 80.4 Å². The number of hydrogen-bond acceptors (Lipinski definition) is 4. The first kappa shape index (κ1) is 20.6. The molecule has 27 heavy (non-hydrogen) atoms. The lowest BCUT2D eigenvalue weighted by atomic mass is 10.1. The van der Waals surface area contributed by atoms with E-state index in [1.807, 2.05) is 19.1 Å². The Bertz CT molecular complexity index is 837. The van der Waals surface area contributed by atoms with Crippen LogP contribution in [0.1, 0.15) is 57.1 Å². The molecule has 1 aromatic carbocycles. The minimum absolute atomic E-state index is 0.215. The molecule has 1 heterocycles. The molecule has 0 spiro atoms. The number of aromatic nitrogens is 1. The predicted octanol–water partition coefficient (Wildman–Crippen LogP) is 3.49. The molecule has 0 aliphatic rings. The van der Waals surface area contributed by atoms with Crippen molar-refractivity contribution in [1.82, 2.24) is 10.3 Å². The summed E-state index contributed by atoms with van der Waals surface area (Å²) < 4.78 is 10.6. The summed E-state index contributed by atoms with van der Waals surface area (Å²) in [4.78, 5) is 27.8. The fourth-order valence-electron chi connectivity index (χ4n) is 3.06. The van der Waals surface area contributed by atoms with Gasteiger partial charge in [0.25, 0.3) is 5.91 Å². The number of H-pyrrole nitrogens is 1. The second kappa shape index (κ2) is 8.75. The Morgan fingerprint density at radius 1 is 1.19 bits per heavy atom. The van der Waals surface area contributed by atoms with Crippen molar-refractivity contribution in [2.45, 2.75) is 47.1 Å². The molecule has 0 aliphatic carbocycles. The molecule has 0 bridgehead atoms. The summed E-state index contributed by atoms with van der Waals surface area (Å²) in [5.41, 5.74) is 4.22. The van der Waals surface area contributed by atoms with Gasteiger partial charge >= 0.3 is 5.97 Å². The van der Waals surface area contributed by atoms with Crippen LogP contribution in [0.2, 0.25) is 0 Å². The van der Waals surface area contributed by atoms with Crippen molar-refractivity contribution >= 4 is 11.9 Å². The molecule has 1 aromatic heterocycles. The van der Waals surface area contributed by atoms with Gasteiger partial charge < -0.3 is 19.8 Å². The number of hydrogen-bond donors (Lipinski definition) is 2.